The lowest BCUT2D eigenvalue weighted by atomic mass is 9.99. The Morgan fingerprint density at radius 3 is 2.75 bits per heavy atom. The molecule has 0 bridgehead atoms. The van der Waals surface area contributed by atoms with Crippen molar-refractivity contribution in [2.45, 2.75) is 12.3 Å². The summed E-state index contributed by atoms with van der Waals surface area (Å²) in [6.45, 7) is 1.80. The summed E-state index contributed by atoms with van der Waals surface area (Å²) >= 11 is 6.23. The van der Waals surface area contributed by atoms with E-state index in [1.165, 1.54) is 6.07 Å². The second-order valence-electron chi connectivity index (χ2n) is 4.61. The molecule has 2 aromatic rings. The van der Waals surface area contributed by atoms with E-state index < -0.39 is 17.0 Å². The van der Waals surface area contributed by atoms with Crippen molar-refractivity contribution in [1.82, 2.24) is 4.98 Å². The Balaban J connectivity index is 2.23. The lowest BCUT2D eigenvalue weighted by molar-refractivity contribution is 0.572. The molecule has 1 aliphatic rings. The summed E-state index contributed by atoms with van der Waals surface area (Å²) in [5.41, 5.74) is 1.43. The van der Waals surface area contributed by atoms with Crippen LogP contribution < -0.4 is 4.90 Å². The first-order valence-electron chi connectivity index (χ1n) is 6.09. The fourth-order valence-electron chi connectivity index (χ4n) is 2.27. The number of aromatic nitrogens is 1. The van der Waals surface area contributed by atoms with Crippen molar-refractivity contribution in [3.8, 4) is 0 Å². The number of alkyl halides is 1. The van der Waals surface area contributed by atoms with Crippen LogP contribution in [0, 0.1) is 11.6 Å². The molecule has 0 aliphatic carbocycles. The first-order valence-corrected chi connectivity index (χ1v) is 6.53. The normalized spacial score (nSPS) is 17.7. The number of benzene rings is 1. The Morgan fingerprint density at radius 1 is 1.25 bits per heavy atom. The molecule has 20 heavy (non-hydrogen) atoms. The van der Waals surface area contributed by atoms with E-state index in [-0.39, 0.29) is 5.56 Å². The van der Waals surface area contributed by atoms with E-state index in [2.05, 4.69) is 4.98 Å². The standard InChI is InChI=1S/C15H11ClF2N2/c1-9-8-20(13-4-2-3-5-19-13)12-7-10(17)6-11(18)14(12)15(9)16/h2-8,15H,1H3. The SMILES string of the molecule is CC1=CN(c2ccccn2)c2cc(F)cc(F)c2C1Cl. The maximum absolute atomic E-state index is 14.0. The number of rotatable bonds is 1. The molecule has 0 fully saturated rings. The fraction of sp³-hybridized carbons (Fsp3) is 0.133. The number of fused-ring (bicyclic) bond motifs is 1. The zero-order valence-electron chi connectivity index (χ0n) is 10.6. The van der Waals surface area contributed by atoms with Crippen LogP contribution in [0.15, 0.2) is 48.3 Å². The highest BCUT2D eigenvalue weighted by Crippen LogP contribution is 2.44. The molecule has 0 amide bonds. The van der Waals surface area contributed by atoms with Gasteiger partial charge in [-0.15, -0.1) is 11.6 Å². The summed E-state index contributed by atoms with van der Waals surface area (Å²) in [4.78, 5) is 5.86. The van der Waals surface area contributed by atoms with Crippen LogP contribution in [-0.4, -0.2) is 4.98 Å². The van der Waals surface area contributed by atoms with E-state index in [0.717, 1.165) is 11.6 Å². The van der Waals surface area contributed by atoms with Crippen LogP contribution in [0.1, 0.15) is 17.9 Å². The lowest BCUT2D eigenvalue weighted by Gasteiger charge is -2.30. The molecule has 3 rings (SSSR count). The Kier molecular flexibility index (Phi) is 3.18. The molecule has 1 aromatic carbocycles. The van der Waals surface area contributed by atoms with Crippen LogP contribution in [0.3, 0.4) is 0 Å². The van der Waals surface area contributed by atoms with Gasteiger partial charge < -0.3 is 4.90 Å². The van der Waals surface area contributed by atoms with Gasteiger partial charge in [0.05, 0.1) is 11.1 Å². The average molecular weight is 293 g/mol. The van der Waals surface area contributed by atoms with Gasteiger partial charge in [0.25, 0.3) is 0 Å². The van der Waals surface area contributed by atoms with Crippen LogP contribution in [-0.2, 0) is 0 Å². The molecule has 0 spiro atoms. The maximum Gasteiger partial charge on any atom is 0.137 e. The molecule has 0 N–H and O–H groups in total. The van der Waals surface area contributed by atoms with Gasteiger partial charge in [-0.05, 0) is 30.7 Å². The monoisotopic (exact) mass is 292 g/mol. The summed E-state index contributed by atoms with van der Waals surface area (Å²) in [5.74, 6) is -0.700. The highest BCUT2D eigenvalue weighted by Gasteiger charge is 2.28. The number of halogens is 3. The number of allylic oxidation sites excluding steroid dienone is 1. The number of pyridine rings is 1. The van der Waals surface area contributed by atoms with Crippen LogP contribution in [0.5, 0.6) is 0 Å². The largest absolute Gasteiger partial charge is 0.301 e. The smallest absolute Gasteiger partial charge is 0.137 e. The van der Waals surface area contributed by atoms with Gasteiger partial charge in [-0.1, -0.05) is 6.07 Å². The number of hydrogen-bond acceptors (Lipinski definition) is 2. The second kappa shape index (κ2) is 4.87. The van der Waals surface area contributed by atoms with E-state index in [4.69, 9.17) is 11.6 Å². The quantitative estimate of drug-likeness (QED) is 0.709. The summed E-state index contributed by atoms with van der Waals surface area (Å²) in [5, 5.41) is -0.606. The highest BCUT2D eigenvalue weighted by atomic mass is 35.5. The lowest BCUT2D eigenvalue weighted by Crippen LogP contribution is -2.20. The minimum atomic E-state index is -0.645. The highest BCUT2D eigenvalue weighted by molar-refractivity contribution is 6.23. The molecule has 2 nitrogen and oxygen atoms in total. The van der Waals surface area contributed by atoms with Crippen molar-refractivity contribution in [3.63, 3.8) is 0 Å². The fourth-order valence-corrected chi connectivity index (χ4v) is 2.55. The van der Waals surface area contributed by atoms with Gasteiger partial charge in [-0.25, -0.2) is 13.8 Å². The van der Waals surface area contributed by atoms with Gasteiger partial charge in [0.15, 0.2) is 0 Å². The van der Waals surface area contributed by atoms with Gasteiger partial charge in [0.1, 0.15) is 17.5 Å². The van der Waals surface area contributed by atoms with Crippen LogP contribution in [0.25, 0.3) is 0 Å². The summed E-state index contributed by atoms with van der Waals surface area (Å²) in [6.07, 6.45) is 3.38. The van der Waals surface area contributed by atoms with E-state index in [1.54, 1.807) is 36.4 Å². The predicted octanol–water partition coefficient (Wildman–Crippen LogP) is 4.70. The summed E-state index contributed by atoms with van der Waals surface area (Å²) in [6, 6.07) is 7.48. The molecule has 1 aliphatic heterocycles. The number of hydrogen-bond donors (Lipinski definition) is 0. The topological polar surface area (TPSA) is 16.1 Å². The molecular formula is C15H11ClF2N2. The van der Waals surface area contributed by atoms with Gasteiger partial charge in [-0.3, -0.25) is 0 Å². The van der Waals surface area contributed by atoms with Crippen LogP contribution in [0.2, 0.25) is 0 Å². The molecule has 1 unspecified atom stereocenters. The van der Waals surface area contributed by atoms with E-state index in [0.29, 0.717) is 11.5 Å². The van der Waals surface area contributed by atoms with Crippen molar-refractivity contribution >= 4 is 23.1 Å². The van der Waals surface area contributed by atoms with Gasteiger partial charge in [-0.2, -0.15) is 0 Å². The van der Waals surface area contributed by atoms with Crippen molar-refractivity contribution in [3.05, 3.63) is 65.5 Å². The Labute approximate surface area is 120 Å². The Hall–Kier alpha value is -1.94. The molecule has 0 saturated carbocycles. The summed E-state index contributed by atoms with van der Waals surface area (Å²) < 4.78 is 27.6. The average Bonchev–Trinajstić information content (AvgIpc) is 2.43. The van der Waals surface area contributed by atoms with Crippen molar-refractivity contribution in [1.29, 1.82) is 0 Å². The zero-order chi connectivity index (χ0) is 14.3. The maximum atomic E-state index is 14.0. The second-order valence-corrected chi connectivity index (χ2v) is 5.05. The molecule has 5 heteroatoms. The van der Waals surface area contributed by atoms with Crippen molar-refractivity contribution in [2.24, 2.45) is 0 Å². The van der Waals surface area contributed by atoms with Gasteiger partial charge in [0.2, 0.25) is 0 Å². The van der Waals surface area contributed by atoms with E-state index in [1.807, 2.05) is 6.07 Å². The molecule has 1 atom stereocenters. The third-order valence-electron chi connectivity index (χ3n) is 3.21. The van der Waals surface area contributed by atoms with Gasteiger partial charge >= 0.3 is 0 Å². The Morgan fingerprint density at radius 2 is 2.05 bits per heavy atom. The first-order chi connectivity index (χ1) is 9.58. The van der Waals surface area contributed by atoms with Crippen LogP contribution >= 0.6 is 11.6 Å². The minimum absolute atomic E-state index is 0.277. The summed E-state index contributed by atoms with van der Waals surface area (Å²) in [7, 11) is 0. The minimum Gasteiger partial charge on any atom is -0.301 e. The predicted molar refractivity (Wildman–Crippen MR) is 75.1 cm³/mol. The van der Waals surface area contributed by atoms with Crippen LogP contribution in [0.4, 0.5) is 20.3 Å². The number of nitrogens with zero attached hydrogens (tertiary/aromatic N) is 2. The van der Waals surface area contributed by atoms with E-state index in [9.17, 15) is 8.78 Å². The Bertz CT molecular complexity index is 686. The number of anilines is 2. The third-order valence-corrected chi connectivity index (χ3v) is 3.78. The molecular weight excluding hydrogens is 282 g/mol. The molecule has 102 valence electrons. The van der Waals surface area contributed by atoms with Crippen molar-refractivity contribution in [2.75, 3.05) is 4.90 Å². The first kappa shape index (κ1) is 13.1. The molecule has 2 heterocycles. The van der Waals surface area contributed by atoms with E-state index >= 15 is 0 Å². The van der Waals surface area contributed by atoms with Gasteiger partial charge in [0, 0.05) is 24.0 Å². The molecule has 0 saturated heterocycles. The van der Waals surface area contributed by atoms with Crippen molar-refractivity contribution < 1.29 is 8.78 Å². The molecule has 0 radical (unpaired) electrons. The zero-order valence-corrected chi connectivity index (χ0v) is 11.4. The third kappa shape index (κ3) is 2.06. The molecule has 1 aromatic heterocycles.